The third-order valence-corrected chi connectivity index (χ3v) is 4.93. The number of ether oxygens (including phenoxy) is 2. The number of carbonyl (C=O) groups is 1. The molecule has 0 amide bonds. The van der Waals surface area contributed by atoms with Gasteiger partial charge in [0.05, 0.1) is 25.0 Å². The summed E-state index contributed by atoms with van der Waals surface area (Å²) >= 11 is 13.0. The maximum absolute atomic E-state index is 12.3. The summed E-state index contributed by atoms with van der Waals surface area (Å²) < 4.78 is 16.1. The van der Waals surface area contributed by atoms with Crippen LogP contribution in [0, 0.1) is 0 Å². The number of benzene rings is 2. The second-order valence-electron chi connectivity index (χ2n) is 5.31. The van der Waals surface area contributed by atoms with Crippen LogP contribution < -0.4 is 9.47 Å². The Labute approximate surface area is 169 Å². The molecule has 1 heterocycles. The molecule has 0 saturated heterocycles. The number of thioether (sulfide) groups is 1. The summed E-state index contributed by atoms with van der Waals surface area (Å²) in [5.41, 5.74) is 1.04. The molecule has 0 aliphatic rings. The van der Waals surface area contributed by atoms with Crippen molar-refractivity contribution in [2.24, 2.45) is 0 Å². The van der Waals surface area contributed by atoms with Crippen molar-refractivity contribution in [3.8, 4) is 23.0 Å². The van der Waals surface area contributed by atoms with E-state index >= 15 is 0 Å². The van der Waals surface area contributed by atoms with Crippen LogP contribution in [0.5, 0.6) is 11.5 Å². The van der Waals surface area contributed by atoms with E-state index in [1.54, 1.807) is 44.6 Å². The summed E-state index contributed by atoms with van der Waals surface area (Å²) in [6, 6.07) is 9.99. The van der Waals surface area contributed by atoms with Crippen molar-refractivity contribution in [2.45, 2.75) is 5.22 Å². The summed E-state index contributed by atoms with van der Waals surface area (Å²) in [5.74, 6) is 1.44. The minimum atomic E-state index is -0.163. The average molecular weight is 425 g/mol. The molecule has 0 saturated carbocycles. The molecule has 2 aromatic carbocycles. The predicted octanol–water partition coefficient (Wildman–Crippen LogP) is 5.04. The molecule has 0 N–H and O–H groups in total. The highest BCUT2D eigenvalue weighted by atomic mass is 35.5. The molecule has 9 heteroatoms. The highest BCUT2D eigenvalue weighted by Gasteiger charge is 2.16. The zero-order valence-electron chi connectivity index (χ0n) is 14.4. The van der Waals surface area contributed by atoms with Crippen LogP contribution in [-0.4, -0.2) is 36.0 Å². The Morgan fingerprint density at radius 2 is 1.78 bits per heavy atom. The van der Waals surface area contributed by atoms with E-state index in [1.165, 1.54) is 6.07 Å². The maximum Gasteiger partial charge on any atom is 0.277 e. The number of hydrogen-bond acceptors (Lipinski definition) is 7. The molecule has 6 nitrogen and oxygen atoms in total. The maximum atomic E-state index is 12.3. The molecule has 0 spiro atoms. The second kappa shape index (κ2) is 8.65. The highest BCUT2D eigenvalue weighted by Crippen LogP contribution is 2.31. The van der Waals surface area contributed by atoms with Crippen LogP contribution in [0.25, 0.3) is 11.5 Å². The van der Waals surface area contributed by atoms with E-state index in [2.05, 4.69) is 10.2 Å². The van der Waals surface area contributed by atoms with Gasteiger partial charge in [-0.3, -0.25) is 4.79 Å². The van der Waals surface area contributed by atoms with E-state index in [0.29, 0.717) is 38.6 Å². The summed E-state index contributed by atoms with van der Waals surface area (Å²) in [5, 5.41) is 9.03. The first-order chi connectivity index (χ1) is 13.0. The molecule has 0 atom stereocenters. The van der Waals surface area contributed by atoms with E-state index in [9.17, 15) is 4.79 Å². The molecule has 0 bridgehead atoms. The van der Waals surface area contributed by atoms with E-state index in [4.69, 9.17) is 37.1 Å². The molecule has 0 aliphatic carbocycles. The van der Waals surface area contributed by atoms with Crippen molar-refractivity contribution < 1.29 is 18.7 Å². The van der Waals surface area contributed by atoms with Gasteiger partial charge in [-0.05, 0) is 30.3 Å². The van der Waals surface area contributed by atoms with Crippen LogP contribution in [0.4, 0.5) is 0 Å². The van der Waals surface area contributed by atoms with Gasteiger partial charge in [0.15, 0.2) is 5.78 Å². The Bertz CT molecular complexity index is 955. The first-order valence-corrected chi connectivity index (χ1v) is 9.42. The number of ketones is 1. The van der Waals surface area contributed by atoms with Crippen molar-refractivity contribution in [1.82, 2.24) is 10.2 Å². The summed E-state index contributed by atoms with van der Waals surface area (Å²) in [6.07, 6.45) is 0. The fourth-order valence-electron chi connectivity index (χ4n) is 2.24. The molecule has 3 aromatic rings. The molecular weight excluding hydrogens is 411 g/mol. The van der Waals surface area contributed by atoms with Crippen molar-refractivity contribution >= 4 is 40.7 Å². The number of aromatic nitrogens is 2. The van der Waals surface area contributed by atoms with Gasteiger partial charge in [0.2, 0.25) is 5.89 Å². The normalized spacial score (nSPS) is 10.7. The molecule has 27 heavy (non-hydrogen) atoms. The van der Waals surface area contributed by atoms with Gasteiger partial charge in [-0.15, -0.1) is 10.2 Å². The van der Waals surface area contributed by atoms with E-state index in [-0.39, 0.29) is 16.8 Å². The predicted molar refractivity (Wildman–Crippen MR) is 104 cm³/mol. The van der Waals surface area contributed by atoms with Gasteiger partial charge in [-0.25, -0.2) is 0 Å². The van der Waals surface area contributed by atoms with Gasteiger partial charge in [0.25, 0.3) is 5.22 Å². The quantitative estimate of drug-likeness (QED) is 0.388. The van der Waals surface area contributed by atoms with Crippen molar-refractivity contribution in [3.63, 3.8) is 0 Å². The number of rotatable bonds is 7. The minimum absolute atomic E-state index is 0.102. The number of hydrogen-bond donors (Lipinski definition) is 0. The summed E-state index contributed by atoms with van der Waals surface area (Å²) in [7, 11) is 3.11. The largest absolute Gasteiger partial charge is 0.497 e. The molecule has 1 aromatic heterocycles. The SMILES string of the molecule is COc1cc(OC)cc(-c2nnc(SCC(=O)c3ccc(Cl)cc3Cl)o2)c1. The third kappa shape index (κ3) is 4.74. The van der Waals surface area contributed by atoms with Crippen LogP contribution in [-0.2, 0) is 0 Å². The first kappa shape index (κ1) is 19.5. The third-order valence-electron chi connectivity index (χ3n) is 3.56. The first-order valence-electron chi connectivity index (χ1n) is 7.68. The lowest BCUT2D eigenvalue weighted by Crippen LogP contribution is -2.03. The number of methoxy groups -OCH3 is 2. The highest BCUT2D eigenvalue weighted by molar-refractivity contribution is 7.99. The van der Waals surface area contributed by atoms with Gasteiger partial charge in [-0.1, -0.05) is 35.0 Å². The van der Waals surface area contributed by atoms with Crippen LogP contribution in [0.15, 0.2) is 46.0 Å². The average Bonchev–Trinajstić information content (AvgIpc) is 3.14. The summed E-state index contributed by atoms with van der Waals surface area (Å²) in [4.78, 5) is 12.3. The van der Waals surface area contributed by atoms with E-state index in [1.807, 2.05) is 0 Å². The topological polar surface area (TPSA) is 74.5 Å². The molecule has 140 valence electrons. The molecule has 0 aliphatic heterocycles. The fraction of sp³-hybridized carbons (Fsp3) is 0.167. The Kier molecular flexibility index (Phi) is 6.26. The Balaban J connectivity index is 1.72. The second-order valence-corrected chi connectivity index (χ2v) is 7.08. The van der Waals surface area contributed by atoms with Gasteiger partial charge in [0, 0.05) is 22.2 Å². The van der Waals surface area contributed by atoms with E-state index < -0.39 is 0 Å². The van der Waals surface area contributed by atoms with Gasteiger partial charge in [-0.2, -0.15) is 0 Å². The number of halogens is 2. The molecule has 0 radical (unpaired) electrons. The van der Waals surface area contributed by atoms with Crippen LogP contribution in [0.1, 0.15) is 10.4 Å². The Morgan fingerprint density at radius 1 is 1.07 bits per heavy atom. The number of nitrogens with zero attached hydrogens (tertiary/aromatic N) is 2. The van der Waals surface area contributed by atoms with Crippen LogP contribution in [0.3, 0.4) is 0 Å². The Morgan fingerprint density at radius 3 is 2.41 bits per heavy atom. The van der Waals surface area contributed by atoms with Gasteiger partial charge < -0.3 is 13.9 Å². The molecule has 0 fully saturated rings. The van der Waals surface area contributed by atoms with E-state index in [0.717, 1.165) is 11.8 Å². The molecular formula is C18H14Cl2N2O4S. The lowest BCUT2D eigenvalue weighted by atomic mass is 10.1. The zero-order valence-corrected chi connectivity index (χ0v) is 16.7. The smallest absolute Gasteiger partial charge is 0.277 e. The zero-order chi connectivity index (χ0) is 19.4. The van der Waals surface area contributed by atoms with Crippen molar-refractivity contribution in [3.05, 3.63) is 52.0 Å². The molecule has 3 rings (SSSR count). The minimum Gasteiger partial charge on any atom is -0.497 e. The number of Topliss-reactive ketones (excluding diaryl/α,β-unsaturated/α-hetero) is 1. The van der Waals surface area contributed by atoms with Crippen LogP contribution in [0.2, 0.25) is 10.0 Å². The fourth-order valence-corrected chi connectivity index (χ4v) is 3.40. The van der Waals surface area contributed by atoms with Crippen molar-refractivity contribution in [1.29, 1.82) is 0 Å². The van der Waals surface area contributed by atoms with Crippen LogP contribution >= 0.6 is 35.0 Å². The summed E-state index contributed by atoms with van der Waals surface area (Å²) in [6.45, 7) is 0. The number of carbonyl (C=O) groups excluding carboxylic acids is 1. The van der Waals surface area contributed by atoms with Gasteiger partial charge in [0.1, 0.15) is 11.5 Å². The standard InChI is InChI=1S/C18H14Cl2N2O4S/c1-24-12-5-10(6-13(8-12)25-2)17-21-22-18(26-17)27-9-16(23)14-4-3-11(19)7-15(14)20/h3-8H,9H2,1-2H3. The molecule has 0 unspecified atom stereocenters. The monoisotopic (exact) mass is 424 g/mol. The lowest BCUT2D eigenvalue weighted by Gasteiger charge is -2.05. The van der Waals surface area contributed by atoms with Crippen molar-refractivity contribution in [2.75, 3.05) is 20.0 Å². The Hall–Kier alpha value is -2.22. The van der Waals surface area contributed by atoms with Gasteiger partial charge >= 0.3 is 0 Å². The lowest BCUT2D eigenvalue weighted by molar-refractivity contribution is 0.102.